The fraction of sp³-hybridized carbons (Fsp3) is 0.261. The molecule has 0 aliphatic heterocycles. The summed E-state index contributed by atoms with van der Waals surface area (Å²) in [6.07, 6.45) is 7.40. The summed E-state index contributed by atoms with van der Waals surface area (Å²) in [5.74, 6) is 1.22. The Morgan fingerprint density at radius 2 is 1.49 bits per heavy atom. The molecule has 263 valence electrons. The maximum absolute atomic E-state index is 6.38. The van der Waals surface area contributed by atoms with E-state index in [0.29, 0.717) is 11.8 Å². The summed E-state index contributed by atoms with van der Waals surface area (Å²) < 4.78 is 6.38. The topological polar surface area (TPSA) is 38.9 Å². The van der Waals surface area contributed by atoms with Crippen LogP contribution in [-0.2, 0) is 26.5 Å². The Labute approximate surface area is 319 Å². The molecule has 3 heterocycles. The van der Waals surface area contributed by atoms with Gasteiger partial charge in [0.2, 0.25) is 0 Å². The van der Waals surface area contributed by atoms with Gasteiger partial charge in [-0.1, -0.05) is 124 Å². The van der Waals surface area contributed by atoms with Crippen LogP contribution in [0.5, 0.6) is 0 Å². The molecule has 1 radical (unpaired) electrons. The molecule has 0 fully saturated rings. The van der Waals surface area contributed by atoms with Crippen LogP contribution >= 0.6 is 0 Å². The molecule has 0 atom stereocenters. The van der Waals surface area contributed by atoms with Crippen molar-refractivity contribution in [2.24, 2.45) is 5.92 Å². The number of furan rings is 1. The van der Waals surface area contributed by atoms with Crippen LogP contribution < -0.4 is 5.19 Å². The van der Waals surface area contributed by atoms with E-state index in [9.17, 15) is 0 Å². The van der Waals surface area contributed by atoms with E-state index < -0.39 is 8.07 Å². The molecule has 3 aromatic heterocycles. The Kier molecular flexibility index (Phi) is 12.6. The maximum atomic E-state index is 6.38. The zero-order valence-corrected chi connectivity index (χ0v) is 34.3. The summed E-state index contributed by atoms with van der Waals surface area (Å²) in [5, 5.41) is 3.72. The molecule has 7 aromatic rings. The normalized spacial score (nSPS) is 11.5. The van der Waals surface area contributed by atoms with Gasteiger partial charge in [0.15, 0.2) is 0 Å². The quantitative estimate of drug-likeness (QED) is 0.107. The largest absolute Gasteiger partial charge is 0.501 e. The minimum absolute atomic E-state index is 0. The maximum Gasteiger partial charge on any atom is 0.121 e. The standard InChI is InChI=1S/C28H24NO.C18H24NSi.Ir/c1-3-19(4-2)22-15-16-29-26(17-22)25-12-8-11-24-23-14-13-21(18-27(23)30-28(24)25)20-9-6-5-7-10-20;1-14(2)11-16-12-17(15-9-7-6-8-10-15)19-13-18(16)20(3,4)5;/h5-11,13-19H,3-4H2,1-2H3;6-9,12-14H,11H2,1-5H3;/q2*-1;. The fourth-order valence-corrected chi connectivity index (χ4v) is 8.41. The second-order valence-electron chi connectivity index (χ2n) is 14.6. The van der Waals surface area contributed by atoms with Crippen molar-refractivity contribution in [1.82, 2.24) is 9.97 Å². The molecule has 0 aliphatic rings. The van der Waals surface area contributed by atoms with Crippen molar-refractivity contribution in [2.75, 3.05) is 0 Å². The van der Waals surface area contributed by atoms with Gasteiger partial charge in [0.05, 0.1) is 13.7 Å². The number of rotatable bonds is 9. The van der Waals surface area contributed by atoms with E-state index in [1.165, 1.54) is 21.9 Å². The minimum atomic E-state index is -1.34. The molecule has 0 amide bonds. The smallest absolute Gasteiger partial charge is 0.121 e. The van der Waals surface area contributed by atoms with Gasteiger partial charge in [-0.3, -0.25) is 0 Å². The summed E-state index contributed by atoms with van der Waals surface area (Å²) in [4.78, 5) is 9.34. The Morgan fingerprint density at radius 3 is 2.18 bits per heavy atom. The number of fused-ring (bicyclic) bond motifs is 3. The Hall–Kier alpha value is -4.15. The molecule has 0 unspecified atom stereocenters. The van der Waals surface area contributed by atoms with E-state index in [1.54, 1.807) is 0 Å². The second-order valence-corrected chi connectivity index (χ2v) is 19.7. The molecule has 0 saturated carbocycles. The first-order valence-corrected chi connectivity index (χ1v) is 21.5. The van der Waals surface area contributed by atoms with Crippen molar-refractivity contribution in [3.8, 4) is 33.6 Å². The molecule has 5 heteroatoms. The van der Waals surface area contributed by atoms with Crippen molar-refractivity contribution in [3.05, 3.63) is 139 Å². The Bertz CT molecular complexity index is 2180. The van der Waals surface area contributed by atoms with Crippen molar-refractivity contribution in [2.45, 2.75) is 72.5 Å². The third-order valence-electron chi connectivity index (χ3n) is 9.45. The molecule has 0 spiro atoms. The van der Waals surface area contributed by atoms with Gasteiger partial charge in [0.1, 0.15) is 5.58 Å². The van der Waals surface area contributed by atoms with Crippen LogP contribution in [0, 0.1) is 18.1 Å². The van der Waals surface area contributed by atoms with Crippen LogP contribution in [-0.4, -0.2) is 18.0 Å². The average molecular weight is 865 g/mol. The number of aromatic nitrogens is 2. The van der Waals surface area contributed by atoms with Gasteiger partial charge in [-0.15, -0.1) is 54.1 Å². The van der Waals surface area contributed by atoms with E-state index in [-0.39, 0.29) is 20.1 Å². The molecule has 0 N–H and O–H groups in total. The first-order valence-electron chi connectivity index (χ1n) is 18.0. The average Bonchev–Trinajstić information content (AvgIpc) is 3.51. The van der Waals surface area contributed by atoms with Gasteiger partial charge in [0.25, 0.3) is 0 Å². The number of hydrogen-bond donors (Lipinski definition) is 0. The van der Waals surface area contributed by atoms with E-state index in [0.717, 1.165) is 69.3 Å². The summed E-state index contributed by atoms with van der Waals surface area (Å²) >= 11 is 0. The van der Waals surface area contributed by atoms with E-state index in [4.69, 9.17) is 4.42 Å². The molecule has 0 saturated heterocycles. The predicted molar refractivity (Wildman–Crippen MR) is 215 cm³/mol. The van der Waals surface area contributed by atoms with Crippen molar-refractivity contribution in [1.29, 1.82) is 0 Å². The zero-order chi connectivity index (χ0) is 35.3. The molecular formula is C46H48IrN2OSi-2. The molecule has 4 aromatic carbocycles. The van der Waals surface area contributed by atoms with Gasteiger partial charge in [-0.05, 0) is 70.9 Å². The first kappa shape index (κ1) is 38.1. The zero-order valence-electron chi connectivity index (χ0n) is 30.9. The number of benzene rings is 4. The monoisotopic (exact) mass is 865 g/mol. The van der Waals surface area contributed by atoms with Crippen LogP contribution in [0.3, 0.4) is 0 Å². The van der Waals surface area contributed by atoms with E-state index in [2.05, 4.69) is 148 Å². The molecule has 51 heavy (non-hydrogen) atoms. The summed E-state index contributed by atoms with van der Waals surface area (Å²) in [7, 11) is -1.34. The Morgan fingerprint density at radius 1 is 0.725 bits per heavy atom. The summed E-state index contributed by atoms with van der Waals surface area (Å²) in [6.45, 7) is 16.2. The SMILES string of the molecule is CC(C)Cc1cc(-c2[c-]cccc2)ncc1[Si](C)(C)C.CCC(CC)c1ccnc(-c2[c-]ccc3c2oc2cc(-c4ccccc4)ccc23)c1.[Ir]. The number of nitrogens with zero attached hydrogens (tertiary/aromatic N) is 2. The van der Waals surface area contributed by atoms with E-state index in [1.807, 2.05) is 36.5 Å². The van der Waals surface area contributed by atoms with E-state index >= 15 is 0 Å². The second kappa shape index (κ2) is 16.9. The first-order chi connectivity index (χ1) is 24.2. The van der Waals surface area contributed by atoms with Gasteiger partial charge in [-0.2, -0.15) is 0 Å². The molecule has 3 nitrogen and oxygen atoms in total. The number of pyridine rings is 2. The van der Waals surface area contributed by atoms with Crippen molar-refractivity contribution < 1.29 is 24.5 Å². The van der Waals surface area contributed by atoms with Crippen LogP contribution in [0.25, 0.3) is 55.6 Å². The van der Waals surface area contributed by atoms with Gasteiger partial charge >= 0.3 is 0 Å². The van der Waals surface area contributed by atoms with Crippen LogP contribution in [0.15, 0.2) is 120 Å². The predicted octanol–water partition coefficient (Wildman–Crippen LogP) is 12.3. The Balaban J connectivity index is 0.000000211. The van der Waals surface area contributed by atoms with Crippen LogP contribution in [0.2, 0.25) is 19.6 Å². The molecule has 0 bridgehead atoms. The third-order valence-corrected chi connectivity index (χ3v) is 11.5. The fourth-order valence-electron chi connectivity index (χ4n) is 6.82. The van der Waals surface area contributed by atoms with Crippen LogP contribution in [0.4, 0.5) is 0 Å². The third kappa shape index (κ3) is 8.84. The minimum Gasteiger partial charge on any atom is -0.501 e. The van der Waals surface area contributed by atoms with Gasteiger partial charge < -0.3 is 14.4 Å². The van der Waals surface area contributed by atoms with Gasteiger partial charge in [-0.25, -0.2) is 0 Å². The molecular weight excluding hydrogens is 817 g/mol. The molecule has 0 aliphatic carbocycles. The number of hydrogen-bond acceptors (Lipinski definition) is 3. The van der Waals surface area contributed by atoms with Crippen molar-refractivity contribution in [3.63, 3.8) is 0 Å². The van der Waals surface area contributed by atoms with Gasteiger partial charge in [0, 0.05) is 37.9 Å². The summed E-state index contributed by atoms with van der Waals surface area (Å²) in [6, 6.07) is 42.2. The summed E-state index contributed by atoms with van der Waals surface area (Å²) in [5.41, 5.74) is 10.9. The molecule has 7 rings (SSSR count). The van der Waals surface area contributed by atoms with Crippen molar-refractivity contribution >= 4 is 35.2 Å². The van der Waals surface area contributed by atoms with Crippen LogP contribution in [0.1, 0.15) is 57.6 Å².